The molecule has 0 fully saturated rings. The highest BCUT2D eigenvalue weighted by Crippen LogP contribution is 2.30. The molecule has 0 aliphatic carbocycles. The number of rotatable bonds is 6. The summed E-state index contributed by atoms with van der Waals surface area (Å²) in [4.78, 5) is 10.9. The molecule has 1 N–H and O–H groups in total. The second-order valence-electron chi connectivity index (χ2n) is 7.30. The Balaban J connectivity index is 4.42. The molecule has 110 valence electrons. The minimum atomic E-state index is -0.750. The summed E-state index contributed by atoms with van der Waals surface area (Å²) in [7, 11) is 0. The minimum Gasteiger partial charge on any atom is -0.481 e. The van der Waals surface area contributed by atoms with Crippen molar-refractivity contribution in [1.82, 2.24) is 0 Å². The lowest BCUT2D eigenvalue weighted by Gasteiger charge is -2.23. The molecule has 0 amide bonds. The van der Waals surface area contributed by atoms with E-state index >= 15 is 0 Å². The first-order valence-electron chi connectivity index (χ1n) is 7.04. The standard InChI is InChI=1S/C17H30O2/c1-13(16(2,3)4)10-8-9-11-14(12-15(18)19)17(5,6)7/h11H,1,8-10,12H2,2-7H3,(H,18,19). The number of allylic oxidation sites excluding steroid dienone is 2. The predicted molar refractivity (Wildman–Crippen MR) is 82.2 cm³/mol. The van der Waals surface area contributed by atoms with Gasteiger partial charge in [-0.2, -0.15) is 0 Å². The molecule has 19 heavy (non-hydrogen) atoms. The van der Waals surface area contributed by atoms with Crippen LogP contribution >= 0.6 is 0 Å². The SMILES string of the molecule is C=C(CCCC=C(CC(=O)O)C(C)(C)C)C(C)(C)C. The van der Waals surface area contributed by atoms with Crippen molar-refractivity contribution in [2.45, 2.75) is 67.2 Å². The molecule has 0 bridgehead atoms. The van der Waals surface area contributed by atoms with Crippen LogP contribution in [0, 0.1) is 10.8 Å². The van der Waals surface area contributed by atoms with Gasteiger partial charge >= 0.3 is 5.97 Å². The van der Waals surface area contributed by atoms with Gasteiger partial charge in [0.1, 0.15) is 0 Å². The molecule has 0 aliphatic heterocycles. The molecule has 0 saturated carbocycles. The van der Waals surface area contributed by atoms with E-state index in [1.807, 2.05) is 0 Å². The van der Waals surface area contributed by atoms with E-state index in [0.29, 0.717) is 0 Å². The van der Waals surface area contributed by atoms with E-state index in [1.165, 1.54) is 5.57 Å². The molecule has 0 spiro atoms. The summed E-state index contributed by atoms with van der Waals surface area (Å²) >= 11 is 0. The molecule has 0 aliphatic rings. The summed E-state index contributed by atoms with van der Waals surface area (Å²) in [5, 5.41) is 8.94. The van der Waals surface area contributed by atoms with Crippen LogP contribution in [0.5, 0.6) is 0 Å². The van der Waals surface area contributed by atoms with Crippen LogP contribution < -0.4 is 0 Å². The lowest BCUT2D eigenvalue weighted by Crippen LogP contribution is -2.13. The van der Waals surface area contributed by atoms with Crippen molar-refractivity contribution in [3.8, 4) is 0 Å². The Morgan fingerprint density at radius 1 is 1.11 bits per heavy atom. The van der Waals surface area contributed by atoms with Gasteiger partial charge in [-0.05, 0) is 30.1 Å². The van der Waals surface area contributed by atoms with Crippen molar-refractivity contribution in [3.63, 3.8) is 0 Å². The number of unbranched alkanes of at least 4 members (excludes halogenated alkanes) is 1. The summed E-state index contributed by atoms with van der Waals surface area (Å²) in [5.41, 5.74) is 2.37. The van der Waals surface area contributed by atoms with E-state index in [4.69, 9.17) is 5.11 Å². The molecular weight excluding hydrogens is 236 g/mol. The molecular formula is C17H30O2. The number of carboxylic acids is 1. The van der Waals surface area contributed by atoms with Gasteiger partial charge in [-0.15, -0.1) is 0 Å². The Hall–Kier alpha value is -1.05. The summed E-state index contributed by atoms with van der Waals surface area (Å²) in [6.07, 6.45) is 5.21. The fourth-order valence-electron chi connectivity index (χ4n) is 1.77. The van der Waals surface area contributed by atoms with Crippen molar-refractivity contribution in [1.29, 1.82) is 0 Å². The topological polar surface area (TPSA) is 37.3 Å². The molecule has 0 saturated heterocycles. The highest BCUT2D eigenvalue weighted by Gasteiger charge is 2.19. The first kappa shape index (κ1) is 17.9. The van der Waals surface area contributed by atoms with Crippen LogP contribution in [0.4, 0.5) is 0 Å². The molecule has 0 rings (SSSR count). The van der Waals surface area contributed by atoms with Crippen molar-refractivity contribution in [3.05, 3.63) is 23.8 Å². The lowest BCUT2D eigenvalue weighted by molar-refractivity contribution is -0.136. The van der Waals surface area contributed by atoms with E-state index in [2.05, 4.69) is 54.2 Å². The Morgan fingerprint density at radius 3 is 2.00 bits per heavy atom. The second-order valence-corrected chi connectivity index (χ2v) is 7.30. The Bertz CT molecular complexity index is 348. The molecule has 0 unspecified atom stereocenters. The molecule has 0 aromatic rings. The maximum Gasteiger partial charge on any atom is 0.307 e. The van der Waals surface area contributed by atoms with Crippen LogP contribution in [0.2, 0.25) is 0 Å². The van der Waals surface area contributed by atoms with Crippen LogP contribution in [0.1, 0.15) is 67.2 Å². The molecule has 0 radical (unpaired) electrons. The van der Waals surface area contributed by atoms with Gasteiger partial charge in [0.25, 0.3) is 0 Å². The van der Waals surface area contributed by atoms with Crippen molar-refractivity contribution >= 4 is 5.97 Å². The molecule has 0 aromatic carbocycles. The predicted octanol–water partition coefficient (Wildman–Crippen LogP) is 5.21. The van der Waals surface area contributed by atoms with E-state index in [1.54, 1.807) is 0 Å². The van der Waals surface area contributed by atoms with Gasteiger partial charge in [-0.3, -0.25) is 4.79 Å². The van der Waals surface area contributed by atoms with Gasteiger partial charge < -0.3 is 5.11 Å². The fraction of sp³-hybridized carbons (Fsp3) is 0.706. The first-order chi connectivity index (χ1) is 8.44. The Morgan fingerprint density at radius 2 is 1.63 bits per heavy atom. The van der Waals surface area contributed by atoms with E-state index in [0.717, 1.165) is 24.8 Å². The Labute approximate surface area is 118 Å². The molecule has 2 heteroatoms. The third kappa shape index (κ3) is 7.86. The van der Waals surface area contributed by atoms with E-state index in [-0.39, 0.29) is 17.3 Å². The molecule has 0 atom stereocenters. The average molecular weight is 266 g/mol. The van der Waals surface area contributed by atoms with Crippen LogP contribution in [0.25, 0.3) is 0 Å². The van der Waals surface area contributed by atoms with Gasteiger partial charge in [-0.25, -0.2) is 0 Å². The van der Waals surface area contributed by atoms with E-state index in [9.17, 15) is 4.79 Å². The summed E-state index contributed by atoms with van der Waals surface area (Å²) < 4.78 is 0. The van der Waals surface area contributed by atoms with Crippen LogP contribution in [0.15, 0.2) is 23.8 Å². The molecule has 2 nitrogen and oxygen atoms in total. The summed E-state index contributed by atoms with van der Waals surface area (Å²) in [6, 6.07) is 0. The van der Waals surface area contributed by atoms with E-state index < -0.39 is 5.97 Å². The quantitative estimate of drug-likeness (QED) is 0.529. The van der Waals surface area contributed by atoms with Crippen molar-refractivity contribution < 1.29 is 9.90 Å². The van der Waals surface area contributed by atoms with Crippen molar-refractivity contribution in [2.24, 2.45) is 10.8 Å². The smallest absolute Gasteiger partial charge is 0.307 e. The molecule has 0 heterocycles. The maximum absolute atomic E-state index is 10.9. The van der Waals surface area contributed by atoms with Gasteiger partial charge in [-0.1, -0.05) is 65.3 Å². The minimum absolute atomic E-state index is 0.0700. The van der Waals surface area contributed by atoms with Gasteiger partial charge in [0, 0.05) is 0 Å². The van der Waals surface area contributed by atoms with Crippen LogP contribution in [-0.2, 0) is 4.79 Å². The van der Waals surface area contributed by atoms with Crippen LogP contribution in [0.3, 0.4) is 0 Å². The summed E-state index contributed by atoms with van der Waals surface area (Å²) in [5.74, 6) is -0.750. The molecule has 0 aromatic heterocycles. The number of aliphatic carboxylic acids is 1. The number of carbonyl (C=O) groups is 1. The number of hydrogen-bond donors (Lipinski definition) is 1. The fourth-order valence-corrected chi connectivity index (χ4v) is 1.77. The van der Waals surface area contributed by atoms with Crippen molar-refractivity contribution in [2.75, 3.05) is 0 Å². The first-order valence-corrected chi connectivity index (χ1v) is 7.04. The maximum atomic E-state index is 10.9. The largest absolute Gasteiger partial charge is 0.481 e. The summed E-state index contributed by atoms with van der Waals surface area (Å²) in [6.45, 7) is 16.9. The average Bonchev–Trinajstić information content (AvgIpc) is 2.18. The Kier molecular flexibility index (Phi) is 6.54. The second kappa shape index (κ2) is 6.93. The normalized spacial score (nSPS) is 13.5. The number of carboxylic acid groups (broad SMARTS) is 1. The highest BCUT2D eigenvalue weighted by molar-refractivity contribution is 5.70. The van der Waals surface area contributed by atoms with Crippen LogP contribution in [-0.4, -0.2) is 11.1 Å². The van der Waals surface area contributed by atoms with Gasteiger partial charge in [0.05, 0.1) is 6.42 Å². The lowest BCUT2D eigenvalue weighted by atomic mass is 9.82. The third-order valence-corrected chi connectivity index (χ3v) is 3.44. The monoisotopic (exact) mass is 266 g/mol. The zero-order valence-corrected chi connectivity index (χ0v) is 13.5. The zero-order chi connectivity index (χ0) is 15.3. The number of hydrogen-bond acceptors (Lipinski definition) is 1. The third-order valence-electron chi connectivity index (χ3n) is 3.44. The zero-order valence-electron chi connectivity index (χ0n) is 13.5. The van der Waals surface area contributed by atoms with Gasteiger partial charge in [0.2, 0.25) is 0 Å². The van der Waals surface area contributed by atoms with Gasteiger partial charge in [0.15, 0.2) is 0 Å². The highest BCUT2D eigenvalue weighted by atomic mass is 16.4.